The largest absolute Gasteiger partial charge is 0.466 e. The molecule has 1 atom stereocenters. The molecule has 2 aliphatic rings. The Morgan fingerprint density at radius 3 is 2.56 bits per heavy atom. The lowest BCUT2D eigenvalue weighted by molar-refractivity contribution is -0.148. The first kappa shape index (κ1) is 15.1. The summed E-state index contributed by atoms with van der Waals surface area (Å²) in [4.78, 5) is 14.0. The monoisotopic (exact) mass is 253 g/mol. The molecule has 1 fully saturated rings. The van der Waals surface area contributed by atoms with Gasteiger partial charge in [0.1, 0.15) is 0 Å². The minimum absolute atomic E-state index is 0.0146. The molecule has 1 aliphatic heterocycles. The Hall–Kier alpha value is -0.990. The van der Waals surface area contributed by atoms with E-state index in [1.165, 1.54) is 31.6 Å². The van der Waals surface area contributed by atoms with Gasteiger partial charge in [-0.15, -0.1) is 0 Å². The quantitative estimate of drug-likeness (QED) is 0.722. The number of esters is 1. The van der Waals surface area contributed by atoms with E-state index in [4.69, 9.17) is 4.74 Å². The summed E-state index contributed by atoms with van der Waals surface area (Å²) in [5.74, 6) is 0.0884. The molecule has 3 nitrogen and oxygen atoms in total. The second kappa shape index (κ2) is 8.17. The van der Waals surface area contributed by atoms with Gasteiger partial charge < -0.3 is 9.64 Å². The van der Waals surface area contributed by atoms with Crippen molar-refractivity contribution >= 4 is 5.97 Å². The average molecular weight is 253 g/mol. The standard InChI is InChI=1S/C13H21NO2.C2H6/c1-2-16-13(15)11-5-7-12(8-6-11)14-9-3-4-10-14;1-2/h7,11H,2-6,8-10H2,1H3;1-2H3. The Bertz CT molecular complexity index is 280. The smallest absolute Gasteiger partial charge is 0.309 e. The summed E-state index contributed by atoms with van der Waals surface area (Å²) in [6.07, 6.45) is 7.75. The van der Waals surface area contributed by atoms with Gasteiger partial charge in [-0.1, -0.05) is 19.9 Å². The van der Waals surface area contributed by atoms with Crippen molar-refractivity contribution in [3.8, 4) is 0 Å². The zero-order valence-corrected chi connectivity index (χ0v) is 12.1. The molecule has 1 unspecified atom stereocenters. The van der Waals surface area contributed by atoms with Gasteiger partial charge in [-0.25, -0.2) is 0 Å². The Morgan fingerprint density at radius 2 is 2.06 bits per heavy atom. The molecular weight excluding hydrogens is 226 g/mol. The number of carbonyl (C=O) groups is 1. The van der Waals surface area contributed by atoms with Crippen LogP contribution in [0.25, 0.3) is 0 Å². The van der Waals surface area contributed by atoms with Crippen molar-refractivity contribution in [2.24, 2.45) is 5.92 Å². The topological polar surface area (TPSA) is 29.5 Å². The molecule has 1 saturated heterocycles. The molecule has 0 aromatic carbocycles. The van der Waals surface area contributed by atoms with Gasteiger partial charge in [0, 0.05) is 18.8 Å². The summed E-state index contributed by atoms with van der Waals surface area (Å²) in [7, 11) is 0. The van der Waals surface area contributed by atoms with E-state index in [-0.39, 0.29) is 11.9 Å². The lowest BCUT2D eigenvalue weighted by Crippen LogP contribution is -2.25. The molecule has 0 aromatic rings. The fraction of sp³-hybridized carbons (Fsp3) is 0.800. The van der Waals surface area contributed by atoms with E-state index >= 15 is 0 Å². The van der Waals surface area contributed by atoms with Crippen molar-refractivity contribution in [1.29, 1.82) is 0 Å². The van der Waals surface area contributed by atoms with Crippen LogP contribution in [-0.2, 0) is 9.53 Å². The van der Waals surface area contributed by atoms with Crippen LogP contribution in [0.5, 0.6) is 0 Å². The van der Waals surface area contributed by atoms with Gasteiger partial charge >= 0.3 is 5.97 Å². The molecule has 0 bridgehead atoms. The lowest BCUT2D eigenvalue weighted by atomic mass is 9.92. The van der Waals surface area contributed by atoms with Gasteiger partial charge in [-0.3, -0.25) is 4.79 Å². The summed E-state index contributed by atoms with van der Waals surface area (Å²) in [5, 5.41) is 0. The molecule has 0 saturated carbocycles. The predicted molar refractivity (Wildman–Crippen MR) is 74.2 cm³/mol. The van der Waals surface area contributed by atoms with E-state index < -0.39 is 0 Å². The number of hydrogen-bond acceptors (Lipinski definition) is 3. The summed E-state index contributed by atoms with van der Waals surface area (Å²) >= 11 is 0. The predicted octanol–water partition coefficient (Wildman–Crippen LogP) is 3.36. The number of allylic oxidation sites excluding steroid dienone is 2. The van der Waals surface area contributed by atoms with Crippen molar-refractivity contribution in [2.45, 2.75) is 52.9 Å². The number of likely N-dealkylation sites (tertiary alicyclic amines) is 1. The first-order chi connectivity index (χ1) is 8.81. The van der Waals surface area contributed by atoms with Crippen LogP contribution in [0.3, 0.4) is 0 Å². The van der Waals surface area contributed by atoms with Gasteiger partial charge in [-0.2, -0.15) is 0 Å². The number of ether oxygens (including phenoxy) is 1. The highest BCUT2D eigenvalue weighted by Crippen LogP contribution is 2.28. The van der Waals surface area contributed by atoms with Crippen LogP contribution < -0.4 is 0 Å². The highest BCUT2D eigenvalue weighted by molar-refractivity contribution is 5.72. The Morgan fingerprint density at radius 1 is 1.39 bits per heavy atom. The van der Waals surface area contributed by atoms with Crippen molar-refractivity contribution in [3.63, 3.8) is 0 Å². The van der Waals surface area contributed by atoms with Crippen LogP contribution in [0.2, 0.25) is 0 Å². The zero-order valence-electron chi connectivity index (χ0n) is 12.1. The molecule has 3 heteroatoms. The molecule has 1 aliphatic carbocycles. The Kier molecular flexibility index (Phi) is 6.84. The van der Waals surface area contributed by atoms with Gasteiger partial charge in [0.2, 0.25) is 0 Å². The number of carbonyl (C=O) groups excluding carboxylic acids is 1. The summed E-state index contributed by atoms with van der Waals surface area (Å²) in [5.41, 5.74) is 1.46. The van der Waals surface area contributed by atoms with Crippen molar-refractivity contribution < 1.29 is 9.53 Å². The number of hydrogen-bond donors (Lipinski definition) is 0. The fourth-order valence-corrected chi connectivity index (χ4v) is 2.59. The number of rotatable bonds is 3. The number of nitrogens with zero attached hydrogens (tertiary/aromatic N) is 1. The van der Waals surface area contributed by atoms with Crippen molar-refractivity contribution in [1.82, 2.24) is 4.90 Å². The van der Waals surface area contributed by atoms with E-state index in [1.807, 2.05) is 20.8 Å². The summed E-state index contributed by atoms with van der Waals surface area (Å²) < 4.78 is 5.06. The first-order valence-electron chi connectivity index (χ1n) is 7.42. The molecular formula is C15H27NO2. The van der Waals surface area contributed by atoms with E-state index in [9.17, 15) is 4.79 Å². The van der Waals surface area contributed by atoms with Crippen molar-refractivity contribution in [2.75, 3.05) is 19.7 Å². The molecule has 0 radical (unpaired) electrons. The molecule has 18 heavy (non-hydrogen) atoms. The third-order valence-electron chi connectivity index (χ3n) is 3.52. The van der Waals surface area contributed by atoms with Crippen LogP contribution >= 0.6 is 0 Å². The second-order valence-corrected chi connectivity index (χ2v) is 4.61. The normalized spacial score (nSPS) is 22.9. The molecule has 2 rings (SSSR count). The highest BCUT2D eigenvalue weighted by atomic mass is 16.5. The van der Waals surface area contributed by atoms with Crippen LogP contribution in [0.15, 0.2) is 11.8 Å². The first-order valence-corrected chi connectivity index (χ1v) is 7.42. The van der Waals surface area contributed by atoms with Gasteiger partial charge in [0.25, 0.3) is 0 Å². The minimum atomic E-state index is -0.0146. The molecule has 0 amide bonds. The summed E-state index contributed by atoms with van der Waals surface area (Å²) in [6, 6.07) is 0. The second-order valence-electron chi connectivity index (χ2n) is 4.61. The summed E-state index contributed by atoms with van der Waals surface area (Å²) in [6.45, 7) is 8.77. The molecule has 104 valence electrons. The van der Waals surface area contributed by atoms with E-state index in [2.05, 4.69) is 11.0 Å². The molecule has 1 heterocycles. The Balaban J connectivity index is 0.000000771. The van der Waals surface area contributed by atoms with Gasteiger partial charge in [-0.05, 0) is 39.0 Å². The highest BCUT2D eigenvalue weighted by Gasteiger charge is 2.25. The van der Waals surface area contributed by atoms with Gasteiger partial charge in [0.15, 0.2) is 0 Å². The third kappa shape index (κ3) is 4.04. The third-order valence-corrected chi connectivity index (χ3v) is 3.52. The average Bonchev–Trinajstić information content (AvgIpc) is 2.95. The van der Waals surface area contributed by atoms with Crippen LogP contribution in [0.1, 0.15) is 52.9 Å². The van der Waals surface area contributed by atoms with Crippen LogP contribution in [0, 0.1) is 5.92 Å². The van der Waals surface area contributed by atoms with E-state index in [0.29, 0.717) is 6.61 Å². The fourth-order valence-electron chi connectivity index (χ4n) is 2.59. The molecule has 0 aromatic heterocycles. The molecule has 0 N–H and O–H groups in total. The van der Waals surface area contributed by atoms with Crippen LogP contribution in [0.4, 0.5) is 0 Å². The maximum absolute atomic E-state index is 11.6. The van der Waals surface area contributed by atoms with E-state index in [1.54, 1.807) is 0 Å². The maximum Gasteiger partial charge on any atom is 0.309 e. The van der Waals surface area contributed by atoms with Crippen LogP contribution in [-0.4, -0.2) is 30.6 Å². The van der Waals surface area contributed by atoms with Crippen molar-refractivity contribution in [3.05, 3.63) is 11.8 Å². The SMILES string of the molecule is CC.CCOC(=O)C1CC=C(N2CCCC2)CC1. The lowest BCUT2D eigenvalue weighted by Gasteiger charge is -2.27. The maximum atomic E-state index is 11.6. The minimum Gasteiger partial charge on any atom is -0.466 e. The van der Waals surface area contributed by atoms with Gasteiger partial charge in [0.05, 0.1) is 12.5 Å². The Labute approximate surface area is 111 Å². The van der Waals surface area contributed by atoms with E-state index in [0.717, 1.165) is 19.3 Å². The molecule has 0 spiro atoms. The zero-order chi connectivity index (χ0) is 13.4.